The van der Waals surface area contributed by atoms with E-state index >= 15 is 0 Å². The van der Waals surface area contributed by atoms with Crippen LogP contribution >= 0.6 is 0 Å². The van der Waals surface area contributed by atoms with Gasteiger partial charge < -0.3 is 43.3 Å². The molecule has 0 radical (unpaired) electrons. The van der Waals surface area contributed by atoms with E-state index in [-0.39, 0.29) is 53.0 Å². The average molecular weight is 1770 g/mol. The summed E-state index contributed by atoms with van der Waals surface area (Å²) in [7, 11) is 13.9. The van der Waals surface area contributed by atoms with E-state index in [0.29, 0.717) is 90.6 Å². The van der Waals surface area contributed by atoms with Crippen molar-refractivity contribution in [3.8, 4) is 34.4 Å². The number of carbonyl (C=O) groups is 7. The van der Waals surface area contributed by atoms with Gasteiger partial charge in [0.25, 0.3) is 35.4 Å². The van der Waals surface area contributed by atoms with Gasteiger partial charge in [0.1, 0.15) is 5.82 Å². The summed E-state index contributed by atoms with van der Waals surface area (Å²) in [6.45, 7) is 59.0. The van der Waals surface area contributed by atoms with E-state index in [2.05, 4.69) is 59.8 Å². The smallest absolute Gasteiger partial charge is 0.332 e. The fraction of sp³-hybridized carbons (Fsp3) is 0.426. The van der Waals surface area contributed by atoms with Crippen LogP contribution in [0.1, 0.15) is 281 Å². The highest BCUT2D eigenvalue weighted by atomic mass is 16.5. The van der Waals surface area contributed by atoms with Crippen molar-refractivity contribution in [3.05, 3.63) is 266 Å². The molecule has 11 aromatic rings. The molecule has 702 valence electrons. The van der Waals surface area contributed by atoms with E-state index in [1.165, 1.54) is 28.6 Å². The molecule has 1 atom stereocenters. The van der Waals surface area contributed by atoms with Crippen LogP contribution in [0.15, 0.2) is 181 Å². The van der Waals surface area contributed by atoms with Gasteiger partial charge in [0, 0.05) is 72.6 Å². The third kappa shape index (κ3) is 26.5. The molecule has 0 N–H and O–H groups in total. The van der Waals surface area contributed by atoms with Crippen LogP contribution < -0.4 is 15.3 Å². The predicted octanol–water partition coefficient (Wildman–Crippen LogP) is 20.3. The van der Waals surface area contributed by atoms with Crippen molar-refractivity contribution in [3.63, 3.8) is 0 Å². The number of para-hydroxylation sites is 6. The Morgan fingerprint density at radius 1 is 0.349 bits per heavy atom. The van der Waals surface area contributed by atoms with E-state index in [4.69, 9.17) is 4.74 Å². The molecule has 0 saturated heterocycles. The van der Waals surface area contributed by atoms with E-state index in [9.17, 15) is 38.4 Å². The van der Waals surface area contributed by atoms with Crippen molar-refractivity contribution < 1.29 is 38.3 Å². The molecule has 7 aliphatic heterocycles. The zero-order valence-corrected chi connectivity index (χ0v) is 84.2. The third-order valence-corrected chi connectivity index (χ3v) is 19.1. The molecular formula is C101H149N19O9. The number of anilines is 1. The molecule has 0 saturated carbocycles. The second-order valence-corrected chi connectivity index (χ2v) is 26.4. The minimum Gasteiger partial charge on any atom is -0.467 e. The second kappa shape index (κ2) is 58.3. The van der Waals surface area contributed by atoms with Crippen LogP contribution in [0.3, 0.4) is 0 Å². The van der Waals surface area contributed by atoms with E-state index in [0.717, 1.165) is 56.8 Å². The van der Waals surface area contributed by atoms with Gasteiger partial charge in [-0.05, 0) is 123 Å². The van der Waals surface area contributed by atoms with Gasteiger partial charge in [-0.3, -0.25) is 47.6 Å². The molecule has 28 nitrogen and oxygen atoms in total. The van der Waals surface area contributed by atoms with Crippen molar-refractivity contribution >= 4 is 47.0 Å². The molecule has 7 amide bonds. The highest BCUT2D eigenvalue weighted by Crippen LogP contribution is 2.36. The summed E-state index contributed by atoms with van der Waals surface area (Å²) in [5, 5.41) is 19.5. The van der Waals surface area contributed by atoms with E-state index < -0.39 is 0 Å². The molecule has 0 fully saturated rings. The number of aromatic nitrogens is 12. The molecule has 0 spiro atoms. The Hall–Kier alpha value is -13.1. The predicted molar refractivity (Wildman–Crippen MR) is 525 cm³/mol. The van der Waals surface area contributed by atoms with Crippen LogP contribution in [0.25, 0.3) is 28.4 Å². The maximum atomic E-state index is 12.3. The van der Waals surface area contributed by atoms with Gasteiger partial charge in [0.2, 0.25) is 5.91 Å². The summed E-state index contributed by atoms with van der Waals surface area (Å²) in [4.78, 5) is 114. The first-order valence-corrected chi connectivity index (χ1v) is 45.8. The fourth-order valence-corrected chi connectivity index (χ4v) is 13.8. The maximum absolute atomic E-state index is 12.3. The second-order valence-electron chi connectivity index (χ2n) is 26.4. The number of benzene rings is 6. The molecule has 129 heavy (non-hydrogen) atoms. The van der Waals surface area contributed by atoms with Crippen molar-refractivity contribution in [2.24, 2.45) is 13.0 Å². The monoisotopic (exact) mass is 1770 g/mol. The molecule has 5 aromatic heterocycles. The summed E-state index contributed by atoms with van der Waals surface area (Å²) in [6.07, 6.45) is 5.55. The number of tetrazole rings is 1. The maximum Gasteiger partial charge on any atom is 0.332 e. The lowest BCUT2D eigenvalue weighted by atomic mass is 10.1. The van der Waals surface area contributed by atoms with Gasteiger partial charge >= 0.3 is 11.7 Å². The molecule has 12 heterocycles. The van der Waals surface area contributed by atoms with Crippen LogP contribution in [0, 0.1) is 26.7 Å². The van der Waals surface area contributed by atoms with Crippen LogP contribution in [0.4, 0.5) is 5.69 Å². The highest BCUT2D eigenvalue weighted by molar-refractivity contribution is 6.10. The number of hydrogen-bond acceptors (Lipinski definition) is 15. The number of methoxy groups -OCH3 is 1. The molecule has 18 rings (SSSR count). The van der Waals surface area contributed by atoms with E-state index in [1.54, 1.807) is 120 Å². The van der Waals surface area contributed by atoms with Crippen molar-refractivity contribution in [2.45, 2.75) is 227 Å². The number of likely N-dealkylation sites (N-methyl/N-ethyl adjacent to an activating group) is 1. The minimum atomic E-state index is -0.124. The summed E-state index contributed by atoms with van der Waals surface area (Å²) in [6, 6.07) is 47.2. The van der Waals surface area contributed by atoms with Crippen LogP contribution in [-0.2, 0) is 44.6 Å². The highest BCUT2D eigenvalue weighted by Gasteiger charge is 2.38. The Morgan fingerprint density at radius 3 is 1.11 bits per heavy atom. The number of carbonyl (C=O) groups excluding carboxylic acids is 7. The number of aryl methyl sites for hydroxylation is 3. The summed E-state index contributed by atoms with van der Waals surface area (Å²) in [5.74, 6) is 2.19. The largest absolute Gasteiger partial charge is 0.467 e. The quantitative estimate of drug-likeness (QED) is 0.148. The number of hydrogen-bond donors (Lipinski definition) is 0. The van der Waals surface area contributed by atoms with Gasteiger partial charge in [-0.15, -0.1) is 10.2 Å². The Kier molecular flexibility index (Phi) is 51.4. The van der Waals surface area contributed by atoms with Gasteiger partial charge in [0.05, 0.1) is 137 Å². The van der Waals surface area contributed by atoms with E-state index in [1.807, 2.05) is 322 Å². The molecule has 28 heteroatoms. The molecule has 0 bridgehead atoms. The molecule has 0 aliphatic carbocycles. The van der Waals surface area contributed by atoms with Crippen LogP contribution in [0.5, 0.6) is 6.01 Å². The van der Waals surface area contributed by atoms with Crippen LogP contribution in [-0.4, -0.2) is 185 Å². The van der Waals surface area contributed by atoms with Gasteiger partial charge in [0.15, 0.2) is 11.6 Å². The lowest BCUT2D eigenvalue weighted by Gasteiger charge is -2.20. The van der Waals surface area contributed by atoms with Crippen molar-refractivity contribution in [2.75, 3.05) is 60.8 Å². The standard InChI is InChI=1S/C15H16N2O.C14H14N2O2.C13H13N3O2.C13H13N3O.C12H12N4O2.C10H9N5O.12C2H6/c1-10-8-12-9-16(3)15(18)13-6-4-5-7-14(13)17(12)11(10)2;1-9-7-10-8-15(2)14(18)11-5-3-4-6-12(11)16(10)13(9)17;1-14-7-9-8-15(2)13(18)16(9)11-6-4-3-5-10(11)12(14)17;1-9-14-7-10-8-15(2)13(17)11-5-3-4-6-12(11)16(9)10;1-15-7-10-13-14-12(18-2)16(10)9-6-4-3-5-8(9)11(15)17;1-14-6-9-11-12-13-15(9)8-5-3-2-4-7(8)10(14)16;12*1-2/h4-8H,9H2,1-3H3;3-7,9H,8H2,1-2H3;3-6,8H,7H2,1-2H3;3-7H,8H2,1-2H3;3-6H,7H2,1-2H3;2-5H,6H2,1H3;12*1-2H3. The molecule has 1 unspecified atom stereocenters. The third-order valence-electron chi connectivity index (χ3n) is 19.1. The molecular weight excluding hydrogens is 1620 g/mol. The lowest BCUT2D eigenvalue weighted by molar-refractivity contribution is -0.119. The Balaban J connectivity index is 0.000000738. The molecule has 6 aromatic carbocycles. The average Bonchev–Trinajstić information content (AvgIpc) is 1.63. The number of nitrogens with zero attached hydrogens (tertiary/aromatic N) is 19. The van der Waals surface area contributed by atoms with Gasteiger partial charge in [-0.1, -0.05) is 250 Å². The first-order valence-electron chi connectivity index (χ1n) is 45.8. The van der Waals surface area contributed by atoms with Gasteiger partial charge in [-0.25, -0.2) is 14.3 Å². The number of amides is 7. The number of imidazole rings is 2. The zero-order valence-electron chi connectivity index (χ0n) is 84.2. The summed E-state index contributed by atoms with van der Waals surface area (Å²) in [5.41, 5.74) is 15.0. The topological polar surface area (TPSA) is 275 Å². The fourth-order valence-electron chi connectivity index (χ4n) is 13.8. The first-order chi connectivity index (χ1) is 62.4. The first kappa shape index (κ1) is 114. The summed E-state index contributed by atoms with van der Waals surface area (Å²) >= 11 is 0. The van der Waals surface area contributed by atoms with Crippen LogP contribution in [0.2, 0.25) is 0 Å². The van der Waals surface area contributed by atoms with Crippen molar-refractivity contribution in [1.82, 2.24) is 87.6 Å². The zero-order chi connectivity index (χ0) is 98.4. The minimum absolute atomic E-state index is 0.0251. The number of rotatable bonds is 1. The number of fused-ring (bicyclic) bond motifs is 18. The lowest BCUT2D eigenvalue weighted by Crippen LogP contribution is -2.30. The van der Waals surface area contributed by atoms with Gasteiger partial charge in [-0.2, -0.15) is 4.68 Å². The Morgan fingerprint density at radius 2 is 0.682 bits per heavy atom. The summed E-state index contributed by atoms with van der Waals surface area (Å²) < 4.78 is 16.0. The SMILES string of the molecule is CC.CC.CC.CC.CC.CC.CC.CC.CC.CC.CC.CC.CC1C=C2CN(C)C(=O)c3ccccc3N2C1=O.CN1Cc2cn(C)c(=O)n2-c2ccccc2C1=O.CN1Cc2nnnn2-c2ccccc2C1=O.COc1nnc2n1-c1ccccc1C(=O)N(C)C2.Cc1cc2n(c1C)-c1ccccc1C(=O)N(C)C2.Cc1ncc2n1-c1ccccc1C(=O)N(C)C2. The normalized spacial score (nSPS) is 13.2. The Labute approximate surface area is 769 Å². The number of ether oxygens (including phenoxy) is 1. The van der Waals surface area contributed by atoms with Crippen molar-refractivity contribution in [1.29, 1.82) is 0 Å². The Bertz CT molecular complexity index is 5410. The molecule has 7 aliphatic rings.